The predicted octanol–water partition coefficient (Wildman–Crippen LogP) is 1.30. The van der Waals surface area contributed by atoms with Gasteiger partial charge in [0, 0.05) is 32.5 Å². The number of nitrogen functional groups attached to an aromatic ring is 1. The van der Waals surface area contributed by atoms with Crippen LogP contribution in [0.1, 0.15) is 22.3 Å². The highest BCUT2D eigenvalue weighted by Gasteiger charge is 2.25. The Morgan fingerprint density at radius 3 is 3.06 bits per heavy atom. The normalized spacial score (nSPS) is 14.9. The number of carbonyl (C=O) groups is 1. The molecule has 0 spiro atoms. The SMILES string of the molecule is COCCCN1CCc2cccc(N)c2C1=O. The molecule has 17 heavy (non-hydrogen) atoms. The van der Waals surface area contributed by atoms with Gasteiger partial charge in [0.2, 0.25) is 0 Å². The van der Waals surface area contributed by atoms with Gasteiger partial charge in [-0.3, -0.25) is 4.79 Å². The lowest BCUT2D eigenvalue weighted by atomic mass is 9.97. The van der Waals surface area contributed by atoms with Gasteiger partial charge in [-0.05, 0) is 24.5 Å². The molecule has 0 radical (unpaired) electrons. The summed E-state index contributed by atoms with van der Waals surface area (Å²) in [6.07, 6.45) is 1.75. The molecule has 0 unspecified atom stereocenters. The van der Waals surface area contributed by atoms with E-state index in [-0.39, 0.29) is 5.91 Å². The number of anilines is 1. The van der Waals surface area contributed by atoms with E-state index in [4.69, 9.17) is 10.5 Å². The van der Waals surface area contributed by atoms with Crippen LogP contribution >= 0.6 is 0 Å². The first-order valence-corrected chi connectivity index (χ1v) is 5.89. The highest BCUT2D eigenvalue weighted by molar-refractivity contribution is 6.01. The number of carbonyl (C=O) groups excluding carboxylic acids is 1. The average molecular weight is 234 g/mol. The number of benzene rings is 1. The van der Waals surface area contributed by atoms with Gasteiger partial charge in [-0.1, -0.05) is 12.1 Å². The molecule has 0 aromatic heterocycles. The molecule has 1 amide bonds. The third kappa shape index (κ3) is 2.42. The fraction of sp³-hybridized carbons (Fsp3) is 0.462. The Kier molecular flexibility index (Phi) is 3.64. The lowest BCUT2D eigenvalue weighted by molar-refractivity contribution is 0.0722. The van der Waals surface area contributed by atoms with Crippen molar-refractivity contribution < 1.29 is 9.53 Å². The van der Waals surface area contributed by atoms with Crippen molar-refractivity contribution in [2.45, 2.75) is 12.8 Å². The van der Waals surface area contributed by atoms with Crippen LogP contribution in [0.25, 0.3) is 0 Å². The van der Waals surface area contributed by atoms with Gasteiger partial charge in [-0.25, -0.2) is 0 Å². The van der Waals surface area contributed by atoms with E-state index in [2.05, 4.69) is 0 Å². The molecule has 2 N–H and O–H groups in total. The molecule has 4 nitrogen and oxygen atoms in total. The Balaban J connectivity index is 2.12. The third-order valence-corrected chi connectivity index (χ3v) is 3.11. The van der Waals surface area contributed by atoms with Crippen molar-refractivity contribution >= 4 is 11.6 Å². The van der Waals surface area contributed by atoms with Crippen LogP contribution in [-0.4, -0.2) is 37.6 Å². The van der Waals surface area contributed by atoms with E-state index in [0.29, 0.717) is 17.9 Å². The smallest absolute Gasteiger partial charge is 0.256 e. The number of amides is 1. The molecule has 1 aromatic carbocycles. The van der Waals surface area contributed by atoms with E-state index in [1.807, 2.05) is 17.0 Å². The maximum absolute atomic E-state index is 12.2. The Bertz CT molecular complexity index is 418. The van der Waals surface area contributed by atoms with E-state index in [1.165, 1.54) is 0 Å². The molecule has 0 saturated heterocycles. The van der Waals surface area contributed by atoms with Crippen molar-refractivity contribution in [3.8, 4) is 0 Å². The third-order valence-electron chi connectivity index (χ3n) is 3.11. The van der Waals surface area contributed by atoms with Crippen LogP contribution in [0.2, 0.25) is 0 Å². The topological polar surface area (TPSA) is 55.6 Å². The highest BCUT2D eigenvalue weighted by Crippen LogP contribution is 2.24. The van der Waals surface area contributed by atoms with Gasteiger partial charge in [0.25, 0.3) is 5.91 Å². The number of nitrogens with two attached hydrogens (primary N) is 1. The van der Waals surface area contributed by atoms with Crippen LogP contribution in [0.15, 0.2) is 18.2 Å². The van der Waals surface area contributed by atoms with Crippen molar-refractivity contribution in [1.82, 2.24) is 4.90 Å². The van der Waals surface area contributed by atoms with Crippen molar-refractivity contribution in [2.75, 3.05) is 32.5 Å². The fourth-order valence-electron chi connectivity index (χ4n) is 2.22. The minimum atomic E-state index is 0.0560. The molecule has 1 aliphatic heterocycles. The predicted molar refractivity (Wildman–Crippen MR) is 67.0 cm³/mol. The minimum Gasteiger partial charge on any atom is -0.398 e. The number of hydrogen-bond donors (Lipinski definition) is 1. The zero-order chi connectivity index (χ0) is 12.3. The van der Waals surface area contributed by atoms with Crippen LogP contribution in [0.4, 0.5) is 5.69 Å². The standard InChI is InChI=1S/C13H18N2O2/c1-17-9-3-7-15-8-6-10-4-2-5-11(14)12(10)13(15)16/h2,4-5H,3,6-9,14H2,1H3. The average Bonchev–Trinajstić information content (AvgIpc) is 2.32. The zero-order valence-corrected chi connectivity index (χ0v) is 10.1. The van der Waals surface area contributed by atoms with Crippen molar-refractivity contribution in [3.63, 3.8) is 0 Å². The van der Waals surface area contributed by atoms with Gasteiger partial charge < -0.3 is 15.4 Å². The molecular formula is C13H18N2O2. The van der Waals surface area contributed by atoms with Crippen LogP contribution in [0.3, 0.4) is 0 Å². The number of methoxy groups -OCH3 is 1. The van der Waals surface area contributed by atoms with Crippen LogP contribution in [0.5, 0.6) is 0 Å². The van der Waals surface area contributed by atoms with Crippen molar-refractivity contribution in [1.29, 1.82) is 0 Å². The van der Waals surface area contributed by atoms with E-state index in [1.54, 1.807) is 13.2 Å². The summed E-state index contributed by atoms with van der Waals surface area (Å²) in [5.41, 5.74) is 8.22. The lowest BCUT2D eigenvalue weighted by Gasteiger charge is -2.29. The van der Waals surface area contributed by atoms with Gasteiger partial charge in [-0.2, -0.15) is 0 Å². The molecule has 1 aromatic rings. The highest BCUT2D eigenvalue weighted by atomic mass is 16.5. The van der Waals surface area contributed by atoms with Crippen LogP contribution in [0, 0.1) is 0 Å². The first kappa shape index (κ1) is 11.9. The molecule has 1 aliphatic rings. The Hall–Kier alpha value is -1.55. The second-order valence-corrected chi connectivity index (χ2v) is 4.27. The molecule has 0 bridgehead atoms. The Morgan fingerprint density at radius 2 is 2.29 bits per heavy atom. The summed E-state index contributed by atoms with van der Waals surface area (Å²) in [4.78, 5) is 14.1. The second-order valence-electron chi connectivity index (χ2n) is 4.27. The summed E-state index contributed by atoms with van der Waals surface area (Å²) in [6, 6.07) is 5.67. The minimum absolute atomic E-state index is 0.0560. The van der Waals surface area contributed by atoms with E-state index < -0.39 is 0 Å². The first-order valence-electron chi connectivity index (χ1n) is 5.89. The van der Waals surface area contributed by atoms with Crippen molar-refractivity contribution in [2.24, 2.45) is 0 Å². The molecule has 0 fully saturated rings. The molecule has 2 rings (SSSR count). The number of hydrogen-bond acceptors (Lipinski definition) is 3. The van der Waals surface area contributed by atoms with E-state index in [0.717, 1.165) is 31.5 Å². The van der Waals surface area contributed by atoms with Crippen LogP contribution in [-0.2, 0) is 11.2 Å². The number of fused-ring (bicyclic) bond motifs is 1. The molecule has 0 atom stereocenters. The molecule has 92 valence electrons. The molecular weight excluding hydrogens is 216 g/mol. The van der Waals surface area contributed by atoms with Gasteiger partial charge in [-0.15, -0.1) is 0 Å². The Labute approximate surface area is 101 Å². The quantitative estimate of drug-likeness (QED) is 0.631. The summed E-state index contributed by atoms with van der Waals surface area (Å²) >= 11 is 0. The van der Waals surface area contributed by atoms with Gasteiger partial charge >= 0.3 is 0 Å². The largest absolute Gasteiger partial charge is 0.398 e. The van der Waals surface area contributed by atoms with Gasteiger partial charge in [0.05, 0.1) is 5.56 Å². The van der Waals surface area contributed by atoms with E-state index in [9.17, 15) is 4.79 Å². The zero-order valence-electron chi connectivity index (χ0n) is 10.1. The van der Waals surface area contributed by atoms with Crippen molar-refractivity contribution in [3.05, 3.63) is 29.3 Å². The van der Waals surface area contributed by atoms with Crippen LogP contribution < -0.4 is 5.73 Å². The lowest BCUT2D eigenvalue weighted by Crippen LogP contribution is -2.39. The molecule has 4 heteroatoms. The van der Waals surface area contributed by atoms with Gasteiger partial charge in [0.15, 0.2) is 0 Å². The summed E-state index contributed by atoms with van der Waals surface area (Å²) in [6.45, 7) is 2.19. The van der Waals surface area contributed by atoms with E-state index >= 15 is 0 Å². The summed E-state index contributed by atoms with van der Waals surface area (Å²) in [5, 5.41) is 0. The maximum atomic E-state index is 12.2. The maximum Gasteiger partial charge on any atom is 0.256 e. The summed E-state index contributed by atoms with van der Waals surface area (Å²) in [5.74, 6) is 0.0560. The second kappa shape index (κ2) is 5.19. The molecule has 0 saturated carbocycles. The molecule has 1 heterocycles. The number of rotatable bonds is 4. The first-order chi connectivity index (χ1) is 8.24. The summed E-state index contributed by atoms with van der Waals surface area (Å²) in [7, 11) is 1.67. The Morgan fingerprint density at radius 1 is 1.47 bits per heavy atom. The molecule has 0 aliphatic carbocycles. The number of ether oxygens (including phenoxy) is 1. The fourth-order valence-corrected chi connectivity index (χ4v) is 2.22. The summed E-state index contributed by atoms with van der Waals surface area (Å²) < 4.78 is 5.00. The van der Waals surface area contributed by atoms with Gasteiger partial charge in [0.1, 0.15) is 0 Å². The monoisotopic (exact) mass is 234 g/mol. The number of nitrogens with zero attached hydrogens (tertiary/aromatic N) is 1.